The van der Waals surface area contributed by atoms with Crippen LogP contribution in [0.4, 0.5) is 10.1 Å². The summed E-state index contributed by atoms with van der Waals surface area (Å²) in [6.07, 6.45) is 4.49. The molecule has 0 amide bonds. The molecule has 0 saturated carbocycles. The van der Waals surface area contributed by atoms with Crippen molar-refractivity contribution in [3.63, 3.8) is 0 Å². The number of carbonyl (C=O) groups is 1. The van der Waals surface area contributed by atoms with Crippen molar-refractivity contribution >= 4 is 17.2 Å². The number of esters is 1. The Balaban J connectivity index is 1.75. The fourth-order valence-corrected chi connectivity index (χ4v) is 2.44. The third-order valence-electron chi connectivity index (χ3n) is 3.71. The van der Waals surface area contributed by atoms with Crippen molar-refractivity contribution in [1.29, 1.82) is 0 Å². The third kappa shape index (κ3) is 7.66. The maximum absolute atomic E-state index is 13.2. The average Bonchev–Trinajstić information content (AvgIpc) is 2.66. The first-order chi connectivity index (χ1) is 13.4. The Kier molecular flexibility index (Phi) is 8.28. The number of anilines is 1. The molecular formula is C23H26FNO3. The van der Waals surface area contributed by atoms with Crippen molar-refractivity contribution in [2.24, 2.45) is 0 Å². The predicted octanol–water partition coefficient (Wildman–Crippen LogP) is 5.23. The van der Waals surface area contributed by atoms with Crippen LogP contribution >= 0.6 is 0 Å². The highest BCUT2D eigenvalue weighted by Crippen LogP contribution is 2.18. The minimum absolute atomic E-state index is 0.118. The molecule has 0 aromatic heterocycles. The summed E-state index contributed by atoms with van der Waals surface area (Å²) < 4.78 is 23.7. The van der Waals surface area contributed by atoms with Crippen molar-refractivity contribution in [1.82, 2.24) is 0 Å². The van der Waals surface area contributed by atoms with Gasteiger partial charge in [0.1, 0.15) is 11.6 Å². The number of hydrogen-bond acceptors (Lipinski definition) is 4. The highest BCUT2D eigenvalue weighted by molar-refractivity contribution is 5.72. The van der Waals surface area contributed by atoms with Crippen molar-refractivity contribution < 1.29 is 18.7 Å². The molecular weight excluding hydrogens is 357 g/mol. The lowest BCUT2D eigenvalue weighted by Gasteiger charge is -2.10. The summed E-state index contributed by atoms with van der Waals surface area (Å²) in [4.78, 5) is 11.5. The monoisotopic (exact) mass is 383 g/mol. The molecule has 28 heavy (non-hydrogen) atoms. The van der Waals surface area contributed by atoms with Crippen LogP contribution in [0.15, 0.2) is 67.3 Å². The molecule has 0 aliphatic heterocycles. The molecule has 2 aromatic carbocycles. The highest BCUT2D eigenvalue weighted by atomic mass is 19.1. The van der Waals surface area contributed by atoms with Crippen LogP contribution in [-0.4, -0.2) is 25.2 Å². The predicted molar refractivity (Wildman–Crippen MR) is 111 cm³/mol. The second-order valence-corrected chi connectivity index (χ2v) is 6.51. The van der Waals surface area contributed by atoms with E-state index in [-0.39, 0.29) is 18.5 Å². The Morgan fingerprint density at radius 3 is 2.75 bits per heavy atom. The van der Waals surface area contributed by atoms with Gasteiger partial charge in [-0.25, -0.2) is 9.18 Å². The van der Waals surface area contributed by atoms with Crippen molar-refractivity contribution in [3.05, 3.63) is 78.6 Å². The number of hydrogen-bond donors (Lipinski definition) is 1. The first-order valence-corrected chi connectivity index (χ1v) is 9.21. The quantitative estimate of drug-likeness (QED) is 0.347. The zero-order valence-corrected chi connectivity index (χ0v) is 16.3. The first-order valence-electron chi connectivity index (χ1n) is 9.21. The standard InChI is InChI=1S/C23H26FNO3/c1-17(2)28-23(26)16-27-22-12-7-11-21(15-22)25-13-5-4-8-18(3)19-9-6-10-20(24)14-19/h4,6-12,14-15,17,25H,3,5,13,16H2,1-2H3. The number of benzene rings is 2. The van der Waals surface area contributed by atoms with Gasteiger partial charge in [-0.05, 0) is 55.7 Å². The van der Waals surface area contributed by atoms with Gasteiger partial charge in [-0.2, -0.15) is 0 Å². The first kappa shape index (κ1) is 21.2. The van der Waals surface area contributed by atoms with E-state index in [1.54, 1.807) is 26.0 Å². The molecule has 148 valence electrons. The van der Waals surface area contributed by atoms with E-state index in [4.69, 9.17) is 9.47 Å². The molecule has 0 heterocycles. The second kappa shape index (κ2) is 10.9. The van der Waals surface area contributed by atoms with Crippen molar-refractivity contribution in [3.8, 4) is 5.75 Å². The minimum atomic E-state index is -0.392. The van der Waals surface area contributed by atoms with Crippen LogP contribution in [0.3, 0.4) is 0 Å². The molecule has 0 fully saturated rings. The van der Waals surface area contributed by atoms with Gasteiger partial charge in [-0.1, -0.05) is 36.9 Å². The average molecular weight is 383 g/mol. The van der Waals surface area contributed by atoms with E-state index in [1.807, 2.05) is 36.4 Å². The summed E-state index contributed by atoms with van der Waals surface area (Å²) in [5.41, 5.74) is 2.43. The maximum atomic E-state index is 13.2. The van der Waals surface area contributed by atoms with E-state index in [0.717, 1.165) is 23.2 Å². The summed E-state index contributed by atoms with van der Waals surface area (Å²) in [7, 11) is 0. The summed E-state index contributed by atoms with van der Waals surface area (Å²) in [6.45, 7) is 8.15. The molecule has 0 atom stereocenters. The van der Waals surface area contributed by atoms with Crippen LogP contribution in [-0.2, 0) is 9.53 Å². The highest BCUT2D eigenvalue weighted by Gasteiger charge is 2.06. The van der Waals surface area contributed by atoms with E-state index in [0.29, 0.717) is 12.3 Å². The van der Waals surface area contributed by atoms with E-state index in [2.05, 4.69) is 11.9 Å². The van der Waals surface area contributed by atoms with Gasteiger partial charge in [0.25, 0.3) is 0 Å². The molecule has 0 unspecified atom stereocenters. The SMILES string of the molecule is C=C(C=CCCNc1cccc(OCC(=O)OC(C)C)c1)c1cccc(F)c1. The zero-order valence-electron chi connectivity index (χ0n) is 16.3. The smallest absolute Gasteiger partial charge is 0.344 e. The van der Waals surface area contributed by atoms with Crippen LogP contribution in [0.1, 0.15) is 25.8 Å². The van der Waals surface area contributed by atoms with Gasteiger partial charge in [0.05, 0.1) is 6.10 Å². The lowest BCUT2D eigenvalue weighted by Crippen LogP contribution is -2.18. The molecule has 2 rings (SSSR count). The Labute approximate surface area is 165 Å². The topological polar surface area (TPSA) is 47.6 Å². The van der Waals surface area contributed by atoms with Gasteiger partial charge in [-0.3, -0.25) is 0 Å². The third-order valence-corrected chi connectivity index (χ3v) is 3.71. The molecule has 0 bridgehead atoms. The summed E-state index contributed by atoms with van der Waals surface area (Å²) in [5.74, 6) is -0.0638. The summed E-state index contributed by atoms with van der Waals surface area (Å²) >= 11 is 0. The number of allylic oxidation sites excluding steroid dienone is 2. The maximum Gasteiger partial charge on any atom is 0.344 e. The Hall–Kier alpha value is -3.08. The van der Waals surface area contributed by atoms with Gasteiger partial charge in [0.15, 0.2) is 6.61 Å². The molecule has 0 spiro atoms. The van der Waals surface area contributed by atoms with Gasteiger partial charge < -0.3 is 14.8 Å². The van der Waals surface area contributed by atoms with Crippen molar-refractivity contribution in [2.75, 3.05) is 18.5 Å². The molecule has 0 aliphatic rings. The normalized spacial score (nSPS) is 10.9. The van der Waals surface area contributed by atoms with Crippen LogP contribution in [0.5, 0.6) is 5.75 Å². The number of carbonyl (C=O) groups excluding carboxylic acids is 1. The largest absolute Gasteiger partial charge is 0.482 e. The molecule has 0 aliphatic carbocycles. The van der Waals surface area contributed by atoms with Gasteiger partial charge in [0, 0.05) is 18.3 Å². The molecule has 5 heteroatoms. The number of halogens is 1. The number of nitrogens with one attached hydrogen (secondary N) is 1. The van der Waals surface area contributed by atoms with E-state index >= 15 is 0 Å². The van der Waals surface area contributed by atoms with Crippen LogP contribution in [0, 0.1) is 5.82 Å². The lowest BCUT2D eigenvalue weighted by molar-refractivity contribution is -0.149. The van der Waals surface area contributed by atoms with E-state index in [9.17, 15) is 9.18 Å². The molecule has 0 saturated heterocycles. The zero-order chi connectivity index (χ0) is 20.4. The fourth-order valence-electron chi connectivity index (χ4n) is 2.44. The Bertz CT molecular complexity index is 830. The molecule has 1 N–H and O–H groups in total. The summed E-state index contributed by atoms with van der Waals surface area (Å²) in [5, 5.41) is 3.29. The summed E-state index contributed by atoms with van der Waals surface area (Å²) in [6, 6.07) is 13.8. The van der Waals surface area contributed by atoms with Gasteiger partial charge >= 0.3 is 5.97 Å². The van der Waals surface area contributed by atoms with Crippen molar-refractivity contribution in [2.45, 2.75) is 26.4 Å². The second-order valence-electron chi connectivity index (χ2n) is 6.51. The molecule has 0 radical (unpaired) electrons. The minimum Gasteiger partial charge on any atom is -0.482 e. The lowest BCUT2D eigenvalue weighted by atomic mass is 10.1. The van der Waals surface area contributed by atoms with Crippen LogP contribution < -0.4 is 10.1 Å². The molecule has 4 nitrogen and oxygen atoms in total. The van der Waals surface area contributed by atoms with Gasteiger partial charge in [0.2, 0.25) is 0 Å². The van der Waals surface area contributed by atoms with Crippen LogP contribution in [0.2, 0.25) is 0 Å². The van der Waals surface area contributed by atoms with Crippen LogP contribution in [0.25, 0.3) is 5.57 Å². The Morgan fingerprint density at radius 2 is 2.00 bits per heavy atom. The van der Waals surface area contributed by atoms with E-state index in [1.165, 1.54) is 12.1 Å². The Morgan fingerprint density at radius 1 is 1.21 bits per heavy atom. The number of rotatable bonds is 10. The molecule has 2 aromatic rings. The fraction of sp³-hybridized carbons (Fsp3) is 0.261. The van der Waals surface area contributed by atoms with E-state index < -0.39 is 5.97 Å². The van der Waals surface area contributed by atoms with Gasteiger partial charge in [-0.15, -0.1) is 0 Å². The number of ether oxygens (including phenoxy) is 2.